The molecule has 0 atom stereocenters. The van der Waals surface area contributed by atoms with Crippen molar-refractivity contribution in [2.45, 2.75) is 6.92 Å². The minimum Gasteiger partial charge on any atom is -0.398 e. The van der Waals surface area contributed by atoms with Crippen LogP contribution in [0.5, 0.6) is 0 Å². The molecule has 0 saturated heterocycles. The zero-order valence-corrected chi connectivity index (χ0v) is 12.3. The molecule has 0 heterocycles. The van der Waals surface area contributed by atoms with Gasteiger partial charge in [0.15, 0.2) is 5.78 Å². The summed E-state index contributed by atoms with van der Waals surface area (Å²) in [6.45, 7) is 2.04. The summed E-state index contributed by atoms with van der Waals surface area (Å²) in [5, 5.41) is 2.44. The van der Waals surface area contributed by atoms with Crippen molar-refractivity contribution in [3.63, 3.8) is 0 Å². The van der Waals surface area contributed by atoms with Gasteiger partial charge >= 0.3 is 0 Å². The number of ketones is 1. The summed E-state index contributed by atoms with van der Waals surface area (Å²) < 4.78 is 0. The van der Waals surface area contributed by atoms with Crippen molar-refractivity contribution < 1.29 is 4.79 Å². The second-order valence-corrected chi connectivity index (χ2v) is 5.45. The molecular weight excluding hydrogens is 282 g/mol. The Balaban J connectivity index is 2.18. The van der Waals surface area contributed by atoms with Crippen molar-refractivity contribution in [1.82, 2.24) is 0 Å². The van der Waals surface area contributed by atoms with Crippen molar-refractivity contribution >= 4 is 33.8 Å². The lowest BCUT2D eigenvalue weighted by molar-refractivity contribution is 0.104. The zero-order chi connectivity index (χ0) is 15.0. The van der Waals surface area contributed by atoms with Gasteiger partial charge in [0.25, 0.3) is 0 Å². The molecule has 0 radical (unpaired) electrons. The van der Waals surface area contributed by atoms with Gasteiger partial charge in [0.05, 0.1) is 10.7 Å². The third-order valence-corrected chi connectivity index (χ3v) is 3.98. The van der Waals surface area contributed by atoms with Crippen molar-refractivity contribution in [3.05, 3.63) is 76.3 Å². The van der Waals surface area contributed by atoms with Crippen LogP contribution in [-0.4, -0.2) is 5.78 Å². The number of carbonyl (C=O) groups is 1. The standard InChI is InChI=1S/C18H14ClNO/c1-11-6-8-15(14-5-3-2-4-13(11)14)18(21)12-7-9-17(20)16(19)10-12/h2-10H,20H2,1H3. The van der Waals surface area contributed by atoms with Crippen LogP contribution in [0.3, 0.4) is 0 Å². The summed E-state index contributed by atoms with van der Waals surface area (Å²) in [6, 6.07) is 16.7. The van der Waals surface area contributed by atoms with Gasteiger partial charge in [-0.3, -0.25) is 4.79 Å². The fraction of sp³-hybridized carbons (Fsp3) is 0.0556. The average Bonchev–Trinajstić information content (AvgIpc) is 2.50. The van der Waals surface area contributed by atoms with E-state index in [1.54, 1.807) is 18.2 Å². The number of hydrogen-bond donors (Lipinski definition) is 1. The molecular formula is C18H14ClNO. The van der Waals surface area contributed by atoms with Crippen LogP contribution in [0.25, 0.3) is 10.8 Å². The molecule has 104 valence electrons. The molecule has 0 saturated carbocycles. The van der Waals surface area contributed by atoms with E-state index in [0.717, 1.165) is 16.3 Å². The van der Waals surface area contributed by atoms with Crippen molar-refractivity contribution in [2.75, 3.05) is 5.73 Å². The van der Waals surface area contributed by atoms with E-state index >= 15 is 0 Å². The van der Waals surface area contributed by atoms with Crippen LogP contribution >= 0.6 is 11.6 Å². The van der Waals surface area contributed by atoms with Gasteiger partial charge in [-0.1, -0.05) is 48.0 Å². The zero-order valence-electron chi connectivity index (χ0n) is 11.6. The highest BCUT2D eigenvalue weighted by atomic mass is 35.5. The normalized spacial score (nSPS) is 10.8. The second-order valence-electron chi connectivity index (χ2n) is 5.04. The van der Waals surface area contributed by atoms with Crippen LogP contribution in [0.4, 0.5) is 5.69 Å². The van der Waals surface area contributed by atoms with Gasteiger partial charge < -0.3 is 5.73 Å². The Labute approximate surface area is 128 Å². The molecule has 0 bridgehead atoms. The van der Waals surface area contributed by atoms with E-state index in [4.69, 9.17) is 17.3 Å². The fourth-order valence-corrected chi connectivity index (χ4v) is 2.65. The lowest BCUT2D eigenvalue weighted by Gasteiger charge is -2.09. The smallest absolute Gasteiger partial charge is 0.193 e. The Bertz CT molecular complexity index is 855. The van der Waals surface area contributed by atoms with Crippen molar-refractivity contribution in [3.8, 4) is 0 Å². The molecule has 0 aromatic heterocycles. The largest absolute Gasteiger partial charge is 0.398 e. The van der Waals surface area contributed by atoms with Crippen molar-refractivity contribution in [1.29, 1.82) is 0 Å². The summed E-state index contributed by atoms with van der Waals surface area (Å²) in [4.78, 5) is 12.7. The predicted molar refractivity (Wildman–Crippen MR) is 88.0 cm³/mol. The summed E-state index contributed by atoms with van der Waals surface area (Å²) in [5.74, 6) is -0.0481. The molecule has 0 fully saturated rings. The Morgan fingerprint density at radius 1 is 1.00 bits per heavy atom. The number of carbonyl (C=O) groups excluding carboxylic acids is 1. The Hall–Kier alpha value is -2.32. The highest BCUT2D eigenvalue weighted by Gasteiger charge is 2.14. The second kappa shape index (κ2) is 5.23. The first kappa shape index (κ1) is 13.7. The van der Waals surface area contributed by atoms with Crippen LogP contribution < -0.4 is 5.73 Å². The lowest BCUT2D eigenvalue weighted by atomic mass is 9.95. The van der Waals surface area contributed by atoms with Crippen molar-refractivity contribution in [2.24, 2.45) is 0 Å². The Morgan fingerprint density at radius 2 is 1.71 bits per heavy atom. The first-order valence-electron chi connectivity index (χ1n) is 6.66. The first-order valence-corrected chi connectivity index (χ1v) is 7.04. The summed E-state index contributed by atoms with van der Waals surface area (Å²) >= 11 is 6.01. The SMILES string of the molecule is Cc1ccc(C(=O)c2ccc(N)c(Cl)c2)c2ccccc12. The number of hydrogen-bond acceptors (Lipinski definition) is 2. The monoisotopic (exact) mass is 295 g/mol. The predicted octanol–water partition coefficient (Wildman–Crippen LogP) is 4.61. The van der Waals surface area contributed by atoms with E-state index in [9.17, 15) is 4.79 Å². The quantitative estimate of drug-likeness (QED) is 0.554. The van der Waals surface area contributed by atoms with Gasteiger partial charge in [-0.2, -0.15) is 0 Å². The number of aryl methyl sites for hydroxylation is 1. The molecule has 0 aliphatic rings. The topological polar surface area (TPSA) is 43.1 Å². The van der Waals surface area contributed by atoms with E-state index < -0.39 is 0 Å². The number of rotatable bonds is 2. The fourth-order valence-electron chi connectivity index (χ4n) is 2.47. The van der Waals surface area contributed by atoms with E-state index in [-0.39, 0.29) is 5.78 Å². The summed E-state index contributed by atoms with van der Waals surface area (Å²) in [7, 11) is 0. The van der Waals surface area contributed by atoms with Gasteiger partial charge in [0.2, 0.25) is 0 Å². The van der Waals surface area contributed by atoms with Gasteiger partial charge in [0.1, 0.15) is 0 Å². The molecule has 0 aliphatic carbocycles. The lowest BCUT2D eigenvalue weighted by Crippen LogP contribution is -2.03. The number of fused-ring (bicyclic) bond motifs is 1. The molecule has 2 nitrogen and oxygen atoms in total. The number of benzene rings is 3. The number of anilines is 1. The Kier molecular flexibility index (Phi) is 3.40. The van der Waals surface area contributed by atoms with E-state index in [0.29, 0.717) is 21.8 Å². The molecule has 3 aromatic carbocycles. The number of halogens is 1. The van der Waals surface area contributed by atoms with E-state index in [2.05, 4.69) is 0 Å². The minimum atomic E-state index is -0.0481. The molecule has 0 aliphatic heterocycles. The van der Waals surface area contributed by atoms with Gasteiger partial charge in [-0.05, 0) is 41.5 Å². The maximum atomic E-state index is 12.7. The third-order valence-electron chi connectivity index (χ3n) is 3.65. The third kappa shape index (κ3) is 2.39. The van der Waals surface area contributed by atoms with Crippen LogP contribution in [-0.2, 0) is 0 Å². The first-order chi connectivity index (χ1) is 10.1. The van der Waals surface area contributed by atoms with Gasteiger partial charge in [-0.25, -0.2) is 0 Å². The van der Waals surface area contributed by atoms with Crippen LogP contribution in [0.15, 0.2) is 54.6 Å². The van der Waals surface area contributed by atoms with Crippen LogP contribution in [0.2, 0.25) is 5.02 Å². The van der Waals surface area contributed by atoms with E-state index in [1.165, 1.54) is 0 Å². The number of nitrogens with two attached hydrogens (primary N) is 1. The molecule has 2 N–H and O–H groups in total. The number of nitrogen functional groups attached to an aromatic ring is 1. The summed E-state index contributed by atoms with van der Waals surface area (Å²) in [6.07, 6.45) is 0. The van der Waals surface area contributed by atoms with Gasteiger partial charge in [0, 0.05) is 11.1 Å². The molecule has 3 aromatic rings. The highest BCUT2D eigenvalue weighted by molar-refractivity contribution is 6.33. The van der Waals surface area contributed by atoms with Crippen LogP contribution in [0.1, 0.15) is 21.5 Å². The van der Waals surface area contributed by atoms with Gasteiger partial charge in [-0.15, -0.1) is 0 Å². The molecule has 3 heteroatoms. The molecule has 21 heavy (non-hydrogen) atoms. The molecule has 0 unspecified atom stereocenters. The minimum absolute atomic E-state index is 0.0481. The molecule has 0 spiro atoms. The maximum absolute atomic E-state index is 12.7. The van der Waals surface area contributed by atoms with Crippen LogP contribution in [0, 0.1) is 6.92 Å². The summed E-state index contributed by atoms with van der Waals surface area (Å²) in [5.41, 5.74) is 8.54. The van der Waals surface area contributed by atoms with E-state index in [1.807, 2.05) is 43.3 Å². The molecule has 0 amide bonds. The molecule has 3 rings (SSSR count). The Morgan fingerprint density at radius 3 is 2.43 bits per heavy atom. The maximum Gasteiger partial charge on any atom is 0.193 e. The highest BCUT2D eigenvalue weighted by Crippen LogP contribution is 2.26. The average molecular weight is 296 g/mol.